The van der Waals surface area contributed by atoms with Gasteiger partial charge in [0, 0.05) is 47.5 Å². The van der Waals surface area contributed by atoms with Crippen LogP contribution in [0.4, 0.5) is 0 Å². The van der Waals surface area contributed by atoms with Crippen LogP contribution in [-0.4, -0.2) is 66.2 Å². The SMILES string of the molecule is CC1(C)OB(c2ccc(C3CC3C(=O)c3ccccc3)cc2)OC1(C)C.C[S+](C)C.O.O=C(/C=C/c1ccc(Br)cc1)c1ccccc1.O=C(c1ccccc1)C1CC1c1ccc(Br)cc1.O=Cc1ccc(Br)cc1.[I-]. The number of carbonyl (C=O) groups excluding carboxylic acids is 4. The summed E-state index contributed by atoms with van der Waals surface area (Å²) in [7, 11) is 0.301. The van der Waals surface area contributed by atoms with Crippen LogP contribution in [0.5, 0.6) is 0 Å². The molecule has 0 bridgehead atoms. The van der Waals surface area contributed by atoms with Crippen LogP contribution in [0.1, 0.15) is 110 Å². The molecule has 7 nitrogen and oxygen atoms in total. The molecule has 3 fully saturated rings. The molecule has 13 heteroatoms. The van der Waals surface area contributed by atoms with E-state index in [-0.39, 0.29) is 77.0 Å². The highest BCUT2D eigenvalue weighted by Gasteiger charge is 2.52. The largest absolute Gasteiger partial charge is 1.00 e. The van der Waals surface area contributed by atoms with Crippen molar-refractivity contribution in [1.82, 2.24) is 0 Å². The van der Waals surface area contributed by atoms with Gasteiger partial charge < -0.3 is 38.8 Å². The first kappa shape index (κ1) is 64.0. The molecule has 7 aromatic rings. The van der Waals surface area contributed by atoms with Crippen LogP contribution in [0.3, 0.4) is 0 Å². The zero-order chi connectivity index (χ0) is 53.4. The topological polar surface area (TPSA) is 118 Å². The van der Waals surface area contributed by atoms with Crippen molar-refractivity contribution in [2.45, 2.75) is 63.6 Å². The molecule has 2 aliphatic carbocycles. The predicted molar refractivity (Wildman–Crippen MR) is 322 cm³/mol. The Morgan fingerprint density at radius 1 is 0.513 bits per heavy atom. The minimum atomic E-state index is -0.338. The van der Waals surface area contributed by atoms with Crippen molar-refractivity contribution < 1.29 is 57.9 Å². The maximum Gasteiger partial charge on any atom is 0.494 e. The van der Waals surface area contributed by atoms with Crippen LogP contribution < -0.4 is 29.4 Å². The predicted octanol–water partition coefficient (Wildman–Crippen LogP) is 11.7. The lowest BCUT2D eigenvalue weighted by Crippen LogP contribution is -3.00. The summed E-state index contributed by atoms with van der Waals surface area (Å²) in [6.07, 6.45) is 12.7. The van der Waals surface area contributed by atoms with Gasteiger partial charge in [-0.3, -0.25) is 19.2 Å². The Morgan fingerprint density at radius 2 is 0.842 bits per heavy atom. The Hall–Kier alpha value is -4.58. The molecule has 0 radical (unpaired) electrons. The molecule has 76 heavy (non-hydrogen) atoms. The first-order valence-corrected chi connectivity index (χ1v) is 29.3. The highest BCUT2D eigenvalue weighted by molar-refractivity contribution is 9.11. The van der Waals surface area contributed by atoms with E-state index >= 15 is 0 Å². The Labute approximate surface area is 495 Å². The second-order valence-corrected chi connectivity index (χ2v) is 24.9. The van der Waals surface area contributed by atoms with Crippen LogP contribution in [0, 0.1) is 11.8 Å². The van der Waals surface area contributed by atoms with Gasteiger partial charge in [0.05, 0.1) is 30.0 Å². The normalized spacial score (nSPS) is 17.9. The molecular formula is C63H65BBr3IO7S. The van der Waals surface area contributed by atoms with Gasteiger partial charge in [-0.25, -0.2) is 0 Å². The van der Waals surface area contributed by atoms with Crippen LogP contribution >= 0.6 is 47.8 Å². The number of benzene rings is 7. The van der Waals surface area contributed by atoms with E-state index in [0.29, 0.717) is 33.9 Å². The van der Waals surface area contributed by atoms with E-state index in [4.69, 9.17) is 9.31 Å². The number of aldehydes is 1. The maximum atomic E-state index is 12.6. The standard InChI is InChI=1S/C22H25BO3.C16H13BrO.C15H11BrO.C7H5BrO.C3H9S.HI.H2O/c1-21(2)22(3,4)26-23(25-21)17-12-10-15(11-13-17)18-14-19(18)20(24)16-8-6-5-7-9-16;17-13-8-6-11(7-9-13)14-10-15(14)16(18)12-4-2-1-3-5-12;16-14-9-6-12(7-10-14)8-11-15(17)13-4-2-1-3-5-13;8-7-3-1-6(5-9)2-4-7;1-4(2)3;;/h5-13,18-19H,14H2,1-4H3;1-9,14-15H,10H2;1-11H;1-5H;1-3H3;1H;1H2/q;;;;+1;;/p-1/b;;11-8+;;;;. The van der Waals surface area contributed by atoms with Gasteiger partial charge in [0.2, 0.25) is 0 Å². The van der Waals surface area contributed by atoms with Gasteiger partial charge in [0.15, 0.2) is 17.3 Å². The summed E-state index contributed by atoms with van der Waals surface area (Å²) in [5.41, 5.74) is 6.93. The summed E-state index contributed by atoms with van der Waals surface area (Å²) in [5.74, 6) is 1.58. The van der Waals surface area contributed by atoms with Crippen molar-refractivity contribution in [2.75, 3.05) is 18.8 Å². The Balaban J connectivity index is 0.000000222. The molecule has 0 spiro atoms. The molecule has 2 N–H and O–H groups in total. The van der Waals surface area contributed by atoms with E-state index in [9.17, 15) is 19.2 Å². The van der Waals surface area contributed by atoms with Gasteiger partial charge >= 0.3 is 7.12 Å². The Bertz CT molecular complexity index is 2920. The van der Waals surface area contributed by atoms with Crippen molar-refractivity contribution in [3.05, 3.63) is 246 Å². The van der Waals surface area contributed by atoms with Gasteiger partial charge in [-0.05, 0) is 128 Å². The number of hydrogen-bond acceptors (Lipinski definition) is 6. The summed E-state index contributed by atoms with van der Waals surface area (Å²) in [6.45, 7) is 8.24. The summed E-state index contributed by atoms with van der Waals surface area (Å²) in [6, 6.07) is 60.1. The fourth-order valence-corrected chi connectivity index (χ4v) is 8.71. The molecule has 7 aromatic carbocycles. The molecular weight excluding hydrogens is 1280 g/mol. The lowest BCUT2D eigenvalue weighted by Gasteiger charge is -2.32. The van der Waals surface area contributed by atoms with Crippen molar-refractivity contribution in [1.29, 1.82) is 0 Å². The number of rotatable bonds is 11. The van der Waals surface area contributed by atoms with E-state index in [2.05, 4.69) is 131 Å². The van der Waals surface area contributed by atoms with Gasteiger partial charge in [0.25, 0.3) is 0 Å². The van der Waals surface area contributed by atoms with Crippen molar-refractivity contribution >= 4 is 101 Å². The van der Waals surface area contributed by atoms with Crippen LogP contribution in [0.2, 0.25) is 0 Å². The van der Waals surface area contributed by atoms with Gasteiger partial charge in [-0.1, -0.05) is 206 Å². The van der Waals surface area contributed by atoms with E-state index < -0.39 is 0 Å². The Kier molecular flexibility index (Phi) is 25.7. The van der Waals surface area contributed by atoms with Crippen LogP contribution in [0.25, 0.3) is 6.08 Å². The highest BCUT2D eigenvalue weighted by atomic mass is 127. The van der Waals surface area contributed by atoms with Gasteiger partial charge in [-0.2, -0.15) is 0 Å². The number of allylic oxidation sites excluding steroid dienone is 1. The minimum Gasteiger partial charge on any atom is -1.00 e. The van der Waals surface area contributed by atoms with Crippen molar-refractivity contribution in [2.24, 2.45) is 11.8 Å². The molecule has 2 saturated carbocycles. The summed E-state index contributed by atoms with van der Waals surface area (Å²) < 4.78 is 15.3. The summed E-state index contributed by atoms with van der Waals surface area (Å²) >= 11 is 10.1. The third kappa shape index (κ3) is 19.4. The lowest BCUT2D eigenvalue weighted by molar-refractivity contribution is -0.0000464. The summed E-state index contributed by atoms with van der Waals surface area (Å²) in [5, 5.41) is 0. The molecule has 4 unspecified atom stereocenters. The molecule has 4 atom stereocenters. The number of Topliss-reactive ketones (excluding diaryl/α,β-unsaturated/α-hetero) is 2. The number of hydrogen-bond donors (Lipinski definition) is 0. The monoisotopic (exact) mass is 1340 g/mol. The average molecular weight is 1340 g/mol. The molecule has 10 rings (SSSR count). The van der Waals surface area contributed by atoms with E-state index in [1.165, 1.54) is 11.1 Å². The zero-order valence-corrected chi connectivity index (χ0v) is 51.5. The molecule has 3 aliphatic rings. The fourth-order valence-electron chi connectivity index (χ4n) is 7.91. The van der Waals surface area contributed by atoms with Crippen molar-refractivity contribution in [3.8, 4) is 0 Å². The van der Waals surface area contributed by atoms with E-state index in [0.717, 1.165) is 54.7 Å². The molecule has 1 aliphatic heterocycles. The Morgan fingerprint density at radius 3 is 1.21 bits per heavy atom. The molecule has 0 amide bonds. The molecule has 1 saturated heterocycles. The quantitative estimate of drug-likeness (QED) is 0.0318. The van der Waals surface area contributed by atoms with Gasteiger partial charge in [-0.15, -0.1) is 0 Å². The third-order valence-corrected chi connectivity index (χ3v) is 14.5. The maximum absolute atomic E-state index is 12.6. The average Bonchev–Trinajstić information content (AvgIpc) is 4.35. The second kappa shape index (κ2) is 30.5. The zero-order valence-electron chi connectivity index (χ0n) is 43.8. The van der Waals surface area contributed by atoms with E-state index in [1.807, 2.05) is 146 Å². The third-order valence-electron chi connectivity index (χ3n) is 12.9. The number of halogens is 4. The van der Waals surface area contributed by atoms with E-state index in [1.54, 1.807) is 18.2 Å². The second-order valence-electron chi connectivity index (χ2n) is 19.7. The smallest absolute Gasteiger partial charge is 0.494 e. The lowest BCUT2D eigenvalue weighted by atomic mass is 9.78. The molecule has 0 aromatic heterocycles. The first-order chi connectivity index (χ1) is 35.3. The van der Waals surface area contributed by atoms with Crippen LogP contribution in [-0.2, 0) is 20.2 Å². The molecule has 396 valence electrons. The number of carbonyl (C=O) groups is 4. The summed E-state index contributed by atoms with van der Waals surface area (Å²) in [4.78, 5) is 46.7. The molecule has 1 heterocycles. The highest BCUT2D eigenvalue weighted by Crippen LogP contribution is 2.50. The number of ketones is 3. The van der Waals surface area contributed by atoms with Crippen molar-refractivity contribution in [3.63, 3.8) is 0 Å². The first-order valence-electron chi connectivity index (χ1n) is 24.5. The fraction of sp³-hybridized carbons (Fsp3) is 0.238. The minimum absolute atomic E-state index is 0. The van der Waals surface area contributed by atoms with Gasteiger partial charge in [0.1, 0.15) is 6.29 Å². The van der Waals surface area contributed by atoms with Crippen LogP contribution in [0.15, 0.2) is 208 Å².